The first-order valence-electron chi connectivity index (χ1n) is 15.9. The Morgan fingerprint density at radius 3 is 1.32 bits per heavy atom. The van der Waals surface area contributed by atoms with Gasteiger partial charge in [0.1, 0.15) is 11.6 Å². The minimum Gasteiger partial charge on any atom is -0.279 e. The van der Waals surface area contributed by atoms with Crippen LogP contribution in [0, 0.1) is 0 Å². The largest absolute Gasteiger partial charge is 0.279 e. The van der Waals surface area contributed by atoms with Crippen molar-refractivity contribution in [1.82, 2.24) is 9.97 Å². The SMILES string of the molecule is c1ccc(N(c2ccc3c(-c4cccc5ccccc45)c4ccccc4c(-c4cccc5ccccc45)c3c2)c2ccccn2)nc1. The van der Waals surface area contributed by atoms with Gasteiger partial charge in [-0.3, -0.25) is 4.90 Å². The summed E-state index contributed by atoms with van der Waals surface area (Å²) in [5.41, 5.74) is 5.90. The number of nitrogens with zero attached hydrogens (tertiary/aromatic N) is 3. The van der Waals surface area contributed by atoms with Crippen molar-refractivity contribution >= 4 is 60.4 Å². The minimum atomic E-state index is 0.812. The number of pyridine rings is 2. The number of aromatic nitrogens is 2. The van der Waals surface area contributed by atoms with E-state index >= 15 is 0 Å². The Labute approximate surface area is 273 Å². The fourth-order valence-electron chi connectivity index (χ4n) is 7.13. The summed E-state index contributed by atoms with van der Waals surface area (Å²) in [4.78, 5) is 11.7. The molecule has 0 aliphatic carbocycles. The van der Waals surface area contributed by atoms with E-state index in [-0.39, 0.29) is 0 Å². The summed E-state index contributed by atoms with van der Waals surface area (Å²) in [6.07, 6.45) is 3.67. The Bertz CT molecular complexity index is 2530. The summed E-state index contributed by atoms with van der Waals surface area (Å²) in [6.45, 7) is 0. The van der Waals surface area contributed by atoms with Gasteiger partial charge in [-0.1, -0.05) is 127 Å². The Hall–Kier alpha value is -6.32. The molecule has 0 aliphatic heterocycles. The van der Waals surface area contributed by atoms with E-state index in [1.165, 1.54) is 65.3 Å². The third-order valence-corrected chi connectivity index (χ3v) is 9.14. The van der Waals surface area contributed by atoms with Gasteiger partial charge in [0.2, 0.25) is 0 Å². The molecule has 0 saturated carbocycles. The molecule has 9 aromatic rings. The van der Waals surface area contributed by atoms with Gasteiger partial charge in [0.25, 0.3) is 0 Å². The summed E-state index contributed by atoms with van der Waals surface area (Å²) in [7, 11) is 0. The Kier molecular flexibility index (Phi) is 6.46. The summed E-state index contributed by atoms with van der Waals surface area (Å²) in [5, 5.41) is 9.76. The van der Waals surface area contributed by atoms with Crippen LogP contribution in [-0.2, 0) is 0 Å². The van der Waals surface area contributed by atoms with Crippen LogP contribution in [-0.4, -0.2) is 9.97 Å². The zero-order valence-electron chi connectivity index (χ0n) is 25.6. The smallest absolute Gasteiger partial charge is 0.138 e. The lowest BCUT2D eigenvalue weighted by molar-refractivity contribution is 1.13. The number of hydrogen-bond donors (Lipinski definition) is 0. The first kappa shape index (κ1) is 27.0. The van der Waals surface area contributed by atoms with E-state index in [1.54, 1.807) is 0 Å². The Morgan fingerprint density at radius 1 is 0.340 bits per heavy atom. The van der Waals surface area contributed by atoms with Crippen molar-refractivity contribution in [3.05, 3.63) is 176 Å². The zero-order chi connectivity index (χ0) is 31.2. The van der Waals surface area contributed by atoms with Gasteiger partial charge in [-0.05, 0) is 102 Å². The topological polar surface area (TPSA) is 29.0 Å². The van der Waals surface area contributed by atoms with Crippen molar-refractivity contribution in [1.29, 1.82) is 0 Å². The molecule has 7 aromatic carbocycles. The van der Waals surface area contributed by atoms with Crippen LogP contribution in [0.1, 0.15) is 0 Å². The highest BCUT2D eigenvalue weighted by Gasteiger charge is 2.22. The molecule has 0 spiro atoms. The van der Waals surface area contributed by atoms with Crippen LogP contribution < -0.4 is 4.90 Å². The van der Waals surface area contributed by atoms with Gasteiger partial charge in [-0.2, -0.15) is 0 Å². The predicted octanol–water partition coefficient (Wildman–Crippen LogP) is 11.9. The third kappa shape index (κ3) is 4.52. The molecular weight excluding hydrogens is 571 g/mol. The summed E-state index contributed by atoms with van der Waals surface area (Å²) < 4.78 is 0. The summed E-state index contributed by atoms with van der Waals surface area (Å²) in [6, 6.07) is 58.4. The fourth-order valence-corrected chi connectivity index (χ4v) is 7.13. The molecule has 0 unspecified atom stereocenters. The predicted molar refractivity (Wildman–Crippen MR) is 198 cm³/mol. The number of benzene rings is 7. The minimum absolute atomic E-state index is 0.812. The first-order chi connectivity index (χ1) is 23.3. The number of hydrogen-bond acceptors (Lipinski definition) is 3. The fraction of sp³-hybridized carbons (Fsp3) is 0. The molecule has 3 nitrogen and oxygen atoms in total. The van der Waals surface area contributed by atoms with E-state index < -0.39 is 0 Å². The van der Waals surface area contributed by atoms with Crippen LogP contribution in [0.15, 0.2) is 176 Å². The summed E-state index contributed by atoms with van der Waals surface area (Å²) in [5.74, 6) is 1.62. The van der Waals surface area contributed by atoms with Gasteiger partial charge in [0.05, 0.1) is 0 Å². The van der Waals surface area contributed by atoms with Gasteiger partial charge in [-0.15, -0.1) is 0 Å². The highest BCUT2D eigenvalue weighted by atomic mass is 15.2. The second-order valence-electron chi connectivity index (χ2n) is 11.8. The van der Waals surface area contributed by atoms with Crippen LogP contribution in [0.2, 0.25) is 0 Å². The van der Waals surface area contributed by atoms with Crippen molar-refractivity contribution in [2.75, 3.05) is 4.90 Å². The highest BCUT2D eigenvalue weighted by molar-refractivity contribution is 6.25. The van der Waals surface area contributed by atoms with Gasteiger partial charge in [0, 0.05) is 18.1 Å². The maximum absolute atomic E-state index is 4.77. The second-order valence-corrected chi connectivity index (χ2v) is 11.8. The average molecular weight is 600 g/mol. The van der Waals surface area contributed by atoms with Gasteiger partial charge >= 0.3 is 0 Å². The molecule has 47 heavy (non-hydrogen) atoms. The average Bonchev–Trinajstić information content (AvgIpc) is 3.14. The molecule has 0 radical (unpaired) electrons. The maximum atomic E-state index is 4.77. The van der Waals surface area contributed by atoms with Crippen LogP contribution in [0.4, 0.5) is 17.3 Å². The lowest BCUT2D eigenvalue weighted by Crippen LogP contribution is -2.12. The van der Waals surface area contributed by atoms with Crippen molar-refractivity contribution in [2.24, 2.45) is 0 Å². The van der Waals surface area contributed by atoms with Crippen LogP contribution in [0.25, 0.3) is 65.3 Å². The van der Waals surface area contributed by atoms with Gasteiger partial charge < -0.3 is 0 Å². The zero-order valence-corrected chi connectivity index (χ0v) is 25.6. The molecule has 0 aliphatic rings. The van der Waals surface area contributed by atoms with E-state index in [0.717, 1.165) is 17.3 Å². The van der Waals surface area contributed by atoms with Crippen LogP contribution >= 0.6 is 0 Å². The molecule has 0 N–H and O–H groups in total. The molecule has 220 valence electrons. The first-order valence-corrected chi connectivity index (χ1v) is 15.9. The molecule has 0 atom stereocenters. The second kappa shape index (κ2) is 11.2. The van der Waals surface area contributed by atoms with Crippen molar-refractivity contribution in [3.8, 4) is 22.3 Å². The Morgan fingerprint density at radius 2 is 0.787 bits per heavy atom. The highest BCUT2D eigenvalue weighted by Crippen LogP contribution is 2.48. The van der Waals surface area contributed by atoms with E-state index in [1.807, 2.05) is 48.8 Å². The van der Waals surface area contributed by atoms with E-state index in [0.29, 0.717) is 0 Å². The van der Waals surface area contributed by atoms with E-state index in [2.05, 4.69) is 132 Å². The number of fused-ring (bicyclic) bond motifs is 4. The standard InChI is InChI=1S/C44H29N3/c1-3-17-33-30(13-1)15-11-21-35(33)43-37-19-5-6-20-38(37)44(36-22-12-16-31-14-2-4-18-34(31)36)40-29-32(25-26-39(40)43)47(41-23-7-9-27-45-41)42-24-8-10-28-46-42/h1-29H. The maximum Gasteiger partial charge on any atom is 0.138 e. The molecule has 0 amide bonds. The van der Waals surface area contributed by atoms with Gasteiger partial charge in [-0.25, -0.2) is 9.97 Å². The van der Waals surface area contributed by atoms with Crippen LogP contribution in [0.5, 0.6) is 0 Å². The van der Waals surface area contributed by atoms with E-state index in [4.69, 9.17) is 9.97 Å². The van der Waals surface area contributed by atoms with Crippen LogP contribution in [0.3, 0.4) is 0 Å². The number of anilines is 3. The molecule has 0 fully saturated rings. The van der Waals surface area contributed by atoms with Crippen molar-refractivity contribution in [2.45, 2.75) is 0 Å². The molecule has 3 heteroatoms. The molecule has 0 saturated heterocycles. The molecule has 2 heterocycles. The molecule has 2 aromatic heterocycles. The van der Waals surface area contributed by atoms with E-state index in [9.17, 15) is 0 Å². The summed E-state index contributed by atoms with van der Waals surface area (Å²) >= 11 is 0. The normalized spacial score (nSPS) is 11.4. The number of rotatable bonds is 5. The van der Waals surface area contributed by atoms with Crippen molar-refractivity contribution in [3.63, 3.8) is 0 Å². The van der Waals surface area contributed by atoms with Gasteiger partial charge in [0.15, 0.2) is 0 Å². The van der Waals surface area contributed by atoms with Crippen molar-refractivity contribution < 1.29 is 0 Å². The molecular formula is C44H29N3. The Balaban J connectivity index is 1.45. The third-order valence-electron chi connectivity index (χ3n) is 9.14. The lowest BCUT2D eigenvalue weighted by atomic mass is 9.83. The molecule has 0 bridgehead atoms. The monoisotopic (exact) mass is 599 g/mol. The molecule has 9 rings (SSSR count). The quantitative estimate of drug-likeness (QED) is 0.184. The lowest BCUT2D eigenvalue weighted by Gasteiger charge is -2.25.